The summed E-state index contributed by atoms with van der Waals surface area (Å²) in [4.78, 5) is 9.00. The lowest BCUT2D eigenvalue weighted by Gasteiger charge is -2.20. The van der Waals surface area contributed by atoms with E-state index in [1.807, 2.05) is 6.92 Å². The van der Waals surface area contributed by atoms with Gasteiger partial charge in [0.05, 0.1) is 10.7 Å². The van der Waals surface area contributed by atoms with Gasteiger partial charge in [-0.15, -0.1) is 0 Å². The lowest BCUT2D eigenvalue weighted by Crippen LogP contribution is -2.43. The summed E-state index contributed by atoms with van der Waals surface area (Å²) in [6.45, 7) is 6.83. The van der Waals surface area contributed by atoms with Gasteiger partial charge >= 0.3 is 0 Å². The van der Waals surface area contributed by atoms with Crippen LogP contribution in [0.25, 0.3) is 0 Å². The molecule has 0 saturated heterocycles. The van der Waals surface area contributed by atoms with Crippen molar-refractivity contribution < 1.29 is 5.02 Å². The molecule has 0 aliphatic heterocycles. The number of hydrogen-bond acceptors (Lipinski definition) is 5. The minimum atomic E-state index is 0.0242. The first-order chi connectivity index (χ1) is 9.52. The highest BCUT2D eigenvalue weighted by molar-refractivity contribution is 7.80. The largest absolute Gasteiger partial charge is 0.452 e. The first kappa shape index (κ1) is 17.0. The summed E-state index contributed by atoms with van der Waals surface area (Å²) in [7, 11) is 0.0953. The van der Waals surface area contributed by atoms with Crippen LogP contribution in [0.2, 0.25) is 0 Å². The Bertz CT molecular complexity index is 405. The Morgan fingerprint density at radius 1 is 1.40 bits per heavy atom. The molecule has 5 nitrogen and oxygen atoms in total. The van der Waals surface area contributed by atoms with Crippen molar-refractivity contribution in [2.75, 3.05) is 6.54 Å². The maximum Gasteiger partial charge on any atom is 0.293 e. The molecule has 1 unspecified atom stereocenters. The minimum absolute atomic E-state index is 0.0242. The van der Waals surface area contributed by atoms with Crippen LogP contribution in [0, 0.1) is 5.92 Å². The third-order valence-corrected chi connectivity index (χ3v) is 3.20. The summed E-state index contributed by atoms with van der Waals surface area (Å²) in [5.41, 5.74) is 0.885. The molecule has 0 radical (unpaired) electrons. The van der Waals surface area contributed by atoms with E-state index in [4.69, 9.17) is 12.2 Å². The Morgan fingerprint density at radius 2 is 2.15 bits per heavy atom. The van der Waals surface area contributed by atoms with E-state index in [0.717, 1.165) is 12.1 Å². The first-order valence-electron chi connectivity index (χ1n) is 6.92. The summed E-state index contributed by atoms with van der Waals surface area (Å²) in [6.07, 6.45) is 5.97. The van der Waals surface area contributed by atoms with Gasteiger partial charge in [-0.2, -0.15) is 0 Å². The van der Waals surface area contributed by atoms with Gasteiger partial charge < -0.3 is 15.7 Å². The molecule has 0 saturated carbocycles. The number of rotatable bonds is 8. The molecule has 0 aliphatic rings. The average molecular weight is 294 g/mol. The Hall–Kier alpha value is -1.05. The molecule has 3 N–H and O–H groups in total. The van der Waals surface area contributed by atoms with E-state index in [1.165, 1.54) is 0 Å². The molecule has 0 fully saturated rings. The van der Waals surface area contributed by atoms with Gasteiger partial charge in [0, 0.05) is 37.1 Å². The van der Waals surface area contributed by atoms with Gasteiger partial charge in [-0.1, -0.05) is 26.1 Å². The Morgan fingerprint density at radius 3 is 2.70 bits per heavy atom. The van der Waals surface area contributed by atoms with Crippen LogP contribution >= 0.6 is 12.2 Å². The van der Waals surface area contributed by atoms with E-state index >= 15 is 0 Å². The van der Waals surface area contributed by atoms with Crippen LogP contribution in [0.4, 0.5) is 0 Å². The fraction of sp³-hybridized carbons (Fsp3) is 0.615. The molecule has 20 heavy (non-hydrogen) atoms. The summed E-state index contributed by atoms with van der Waals surface area (Å²) >= 11 is 5.30. The molecule has 1 rings (SSSR count). The van der Waals surface area contributed by atoms with E-state index < -0.39 is 0 Å². The molecular formula is C13H23BN4OS. The predicted molar refractivity (Wildman–Crippen MR) is 86.8 cm³/mol. The molecule has 1 aromatic heterocycles. The summed E-state index contributed by atoms with van der Waals surface area (Å²) < 4.78 is 0. The predicted octanol–water partition coefficient (Wildman–Crippen LogP) is 0.760. The van der Waals surface area contributed by atoms with Crippen molar-refractivity contribution in [3.8, 4) is 0 Å². The Labute approximate surface area is 126 Å². The van der Waals surface area contributed by atoms with Crippen LogP contribution in [0.15, 0.2) is 18.6 Å². The van der Waals surface area contributed by atoms with Crippen LogP contribution in [0.3, 0.4) is 0 Å². The standard InChI is InChI=1S/C13H23BN4OS/c1-9(2)6-12(14-19)18-13(20)8-17-10(3)11-7-15-4-5-16-11/h4-5,7,9-10,12,14,17,19H,6,8H2,1-3H3,(H,18,20)/t10?,12-/m0/s1. The van der Waals surface area contributed by atoms with Gasteiger partial charge in [-0.3, -0.25) is 9.97 Å². The molecular weight excluding hydrogens is 271 g/mol. The zero-order valence-electron chi connectivity index (χ0n) is 12.3. The summed E-state index contributed by atoms with van der Waals surface area (Å²) in [5.74, 6) is 0.546. The Kier molecular flexibility index (Phi) is 7.65. The minimum Gasteiger partial charge on any atom is -0.452 e. The number of nitrogens with one attached hydrogen (secondary N) is 2. The van der Waals surface area contributed by atoms with Crippen LogP contribution in [-0.4, -0.2) is 39.9 Å². The lowest BCUT2D eigenvalue weighted by molar-refractivity contribution is 0.497. The summed E-state index contributed by atoms with van der Waals surface area (Å²) in [5, 5.41) is 15.8. The third kappa shape index (κ3) is 6.41. The molecule has 0 aliphatic carbocycles. The first-order valence-corrected chi connectivity index (χ1v) is 7.33. The smallest absolute Gasteiger partial charge is 0.293 e. The molecule has 2 atom stereocenters. The highest BCUT2D eigenvalue weighted by Crippen LogP contribution is 2.06. The molecule has 0 spiro atoms. The highest BCUT2D eigenvalue weighted by atomic mass is 32.1. The summed E-state index contributed by atoms with van der Waals surface area (Å²) in [6, 6.07) is 0.0844. The second kappa shape index (κ2) is 8.99. The third-order valence-electron chi connectivity index (χ3n) is 2.94. The number of nitrogens with zero attached hydrogens (tertiary/aromatic N) is 2. The normalized spacial score (nSPS) is 13.8. The maximum atomic E-state index is 9.32. The molecule has 0 bridgehead atoms. The van der Waals surface area contributed by atoms with Crippen molar-refractivity contribution in [2.24, 2.45) is 5.92 Å². The fourth-order valence-corrected chi connectivity index (χ4v) is 2.16. The SMILES string of the molecule is CC(C)C[C@@H](BO)NC(=S)CNC(C)c1cnccn1. The monoisotopic (exact) mass is 294 g/mol. The zero-order valence-corrected chi connectivity index (χ0v) is 13.2. The second-order valence-electron chi connectivity index (χ2n) is 5.31. The van der Waals surface area contributed by atoms with E-state index in [-0.39, 0.29) is 19.5 Å². The highest BCUT2D eigenvalue weighted by Gasteiger charge is 2.13. The molecule has 0 aromatic carbocycles. The average Bonchev–Trinajstić information content (AvgIpc) is 2.44. The lowest BCUT2D eigenvalue weighted by atomic mass is 9.82. The molecule has 1 heterocycles. The second-order valence-corrected chi connectivity index (χ2v) is 5.80. The zero-order chi connectivity index (χ0) is 15.0. The van der Waals surface area contributed by atoms with Gasteiger partial charge in [0.25, 0.3) is 7.48 Å². The van der Waals surface area contributed by atoms with Gasteiger partial charge in [-0.05, 0) is 19.3 Å². The number of aromatic nitrogens is 2. The molecule has 110 valence electrons. The number of thiocarbonyl (C=S) groups is 1. The van der Waals surface area contributed by atoms with Crippen molar-refractivity contribution in [1.29, 1.82) is 0 Å². The Balaban J connectivity index is 2.35. The maximum absolute atomic E-state index is 9.32. The quantitative estimate of drug-likeness (QED) is 0.486. The van der Waals surface area contributed by atoms with Crippen LogP contribution < -0.4 is 10.6 Å². The van der Waals surface area contributed by atoms with E-state index in [9.17, 15) is 5.02 Å². The van der Waals surface area contributed by atoms with Crippen molar-refractivity contribution in [2.45, 2.75) is 39.2 Å². The fourth-order valence-electron chi connectivity index (χ4n) is 1.91. The number of hydrogen-bond donors (Lipinski definition) is 3. The molecule has 0 amide bonds. The van der Waals surface area contributed by atoms with E-state index in [1.54, 1.807) is 18.6 Å². The van der Waals surface area contributed by atoms with Crippen LogP contribution in [0.1, 0.15) is 38.9 Å². The van der Waals surface area contributed by atoms with Gasteiger partial charge in [0.15, 0.2) is 0 Å². The topological polar surface area (TPSA) is 70.1 Å². The van der Waals surface area contributed by atoms with Gasteiger partial charge in [-0.25, -0.2) is 0 Å². The van der Waals surface area contributed by atoms with Crippen LogP contribution in [0.5, 0.6) is 0 Å². The van der Waals surface area contributed by atoms with E-state index in [2.05, 4.69) is 34.4 Å². The van der Waals surface area contributed by atoms with Gasteiger partial charge in [0.1, 0.15) is 0 Å². The van der Waals surface area contributed by atoms with Crippen molar-refractivity contribution in [3.63, 3.8) is 0 Å². The molecule has 7 heteroatoms. The van der Waals surface area contributed by atoms with Crippen LogP contribution in [-0.2, 0) is 0 Å². The molecule has 1 aromatic rings. The van der Waals surface area contributed by atoms with Crippen molar-refractivity contribution >= 4 is 24.7 Å². The van der Waals surface area contributed by atoms with Gasteiger partial charge in [0.2, 0.25) is 0 Å². The van der Waals surface area contributed by atoms with E-state index in [0.29, 0.717) is 17.5 Å². The van der Waals surface area contributed by atoms with Crippen molar-refractivity contribution in [3.05, 3.63) is 24.3 Å². The van der Waals surface area contributed by atoms with Crippen molar-refractivity contribution in [1.82, 2.24) is 20.6 Å².